The second kappa shape index (κ2) is 8.53. The highest BCUT2D eigenvalue weighted by atomic mass is 16.5. The molecule has 0 radical (unpaired) electrons. The Balaban J connectivity index is 2.06. The topological polar surface area (TPSA) is 100 Å². The Morgan fingerprint density at radius 2 is 1.68 bits per heavy atom. The molecule has 3 N–H and O–H groups in total. The van der Waals surface area contributed by atoms with Crippen LogP contribution in [0.5, 0.6) is 11.5 Å². The van der Waals surface area contributed by atoms with E-state index in [0.29, 0.717) is 24.0 Å². The van der Waals surface area contributed by atoms with Crippen LogP contribution in [0.1, 0.15) is 76.9 Å². The first kappa shape index (κ1) is 20.7. The largest absolute Gasteiger partial charge is 0.507 e. The monoisotopic (exact) mass is 390 g/mol. The third-order valence-electron chi connectivity index (χ3n) is 5.74. The van der Waals surface area contributed by atoms with Gasteiger partial charge in [-0.15, -0.1) is 0 Å². The van der Waals surface area contributed by atoms with E-state index < -0.39 is 23.4 Å². The molecule has 1 aliphatic heterocycles. The normalized spacial score (nSPS) is 20.7. The summed E-state index contributed by atoms with van der Waals surface area (Å²) in [6.07, 6.45) is 4.81. The van der Waals surface area contributed by atoms with Crippen molar-refractivity contribution in [2.45, 2.75) is 83.0 Å². The van der Waals surface area contributed by atoms with Crippen molar-refractivity contribution in [3.05, 3.63) is 34.2 Å². The fourth-order valence-corrected chi connectivity index (χ4v) is 4.18. The molecule has 1 aliphatic rings. The predicted molar refractivity (Wildman–Crippen MR) is 107 cm³/mol. The van der Waals surface area contributed by atoms with Crippen LogP contribution in [0.2, 0.25) is 0 Å². The minimum atomic E-state index is -1.26. The van der Waals surface area contributed by atoms with Crippen LogP contribution < -0.4 is 10.4 Å². The standard InChI is InChI=1S/C22H30O6/c1-3-5-7-11-22(12-8-6-4-2)21(26)19(25)18-16(28-22)10-9-14-15(23)13-17(24)27-20(14)18/h9-10,13,19,21,23,25-26H,3-8,11-12H2,1-2H3/t19-,21-/m1/s1. The minimum absolute atomic E-state index is 0.0600. The Kier molecular flexibility index (Phi) is 6.30. The fourth-order valence-electron chi connectivity index (χ4n) is 4.18. The lowest BCUT2D eigenvalue weighted by Gasteiger charge is -2.45. The Hall–Kier alpha value is -2.05. The van der Waals surface area contributed by atoms with Crippen molar-refractivity contribution in [1.82, 2.24) is 0 Å². The Morgan fingerprint density at radius 1 is 1.04 bits per heavy atom. The number of benzene rings is 1. The lowest BCUT2D eigenvalue weighted by atomic mass is 9.78. The molecule has 6 heteroatoms. The van der Waals surface area contributed by atoms with Crippen molar-refractivity contribution in [2.24, 2.45) is 0 Å². The van der Waals surface area contributed by atoms with Crippen molar-refractivity contribution < 1.29 is 24.5 Å². The van der Waals surface area contributed by atoms with Crippen molar-refractivity contribution in [1.29, 1.82) is 0 Å². The van der Waals surface area contributed by atoms with Gasteiger partial charge in [-0.3, -0.25) is 0 Å². The summed E-state index contributed by atoms with van der Waals surface area (Å²) in [7, 11) is 0. The summed E-state index contributed by atoms with van der Waals surface area (Å²) >= 11 is 0. The van der Waals surface area contributed by atoms with Gasteiger partial charge in [0.2, 0.25) is 0 Å². The molecule has 2 aromatic rings. The first-order valence-electron chi connectivity index (χ1n) is 10.3. The molecule has 0 fully saturated rings. The average Bonchev–Trinajstić information content (AvgIpc) is 2.66. The lowest BCUT2D eigenvalue weighted by Crippen LogP contribution is -2.53. The van der Waals surface area contributed by atoms with Crippen LogP contribution >= 0.6 is 0 Å². The van der Waals surface area contributed by atoms with Gasteiger partial charge >= 0.3 is 5.63 Å². The van der Waals surface area contributed by atoms with Crippen LogP contribution in [-0.4, -0.2) is 27.0 Å². The summed E-state index contributed by atoms with van der Waals surface area (Å²) in [6, 6.07) is 4.27. The van der Waals surface area contributed by atoms with Crippen LogP contribution in [0.4, 0.5) is 0 Å². The Labute approximate surface area is 164 Å². The van der Waals surface area contributed by atoms with Crippen molar-refractivity contribution in [3.63, 3.8) is 0 Å². The average molecular weight is 390 g/mol. The van der Waals surface area contributed by atoms with Crippen LogP contribution in [-0.2, 0) is 0 Å². The van der Waals surface area contributed by atoms with Gasteiger partial charge in [0, 0.05) is 0 Å². The number of fused-ring (bicyclic) bond motifs is 3. The molecule has 1 aromatic carbocycles. The number of aliphatic hydroxyl groups excluding tert-OH is 2. The van der Waals surface area contributed by atoms with E-state index in [0.717, 1.165) is 44.6 Å². The SMILES string of the molecule is CCCCCC1(CCCCC)Oc2ccc3c(O)cc(=O)oc3c2[C@@H](O)[C@H]1O. The number of hydrogen-bond acceptors (Lipinski definition) is 6. The second-order valence-electron chi connectivity index (χ2n) is 7.78. The minimum Gasteiger partial charge on any atom is -0.507 e. The van der Waals surface area contributed by atoms with E-state index in [-0.39, 0.29) is 16.9 Å². The van der Waals surface area contributed by atoms with Crippen molar-refractivity contribution >= 4 is 11.0 Å². The van der Waals surface area contributed by atoms with Gasteiger partial charge in [-0.2, -0.15) is 0 Å². The molecule has 0 saturated heterocycles. The molecule has 1 aromatic heterocycles. The van der Waals surface area contributed by atoms with Crippen LogP contribution in [0.15, 0.2) is 27.4 Å². The third-order valence-corrected chi connectivity index (χ3v) is 5.74. The van der Waals surface area contributed by atoms with E-state index in [1.165, 1.54) is 0 Å². The maximum atomic E-state index is 11.7. The smallest absolute Gasteiger partial charge is 0.339 e. The molecule has 0 saturated carbocycles. The molecule has 0 unspecified atom stereocenters. The van der Waals surface area contributed by atoms with Crippen molar-refractivity contribution in [2.75, 3.05) is 0 Å². The molecule has 0 spiro atoms. The third kappa shape index (κ3) is 3.76. The number of hydrogen-bond donors (Lipinski definition) is 3. The summed E-state index contributed by atoms with van der Waals surface area (Å²) in [5.74, 6) is 0.172. The quantitative estimate of drug-likeness (QED) is 0.462. The van der Waals surface area contributed by atoms with Crippen LogP contribution in [0.3, 0.4) is 0 Å². The number of aromatic hydroxyl groups is 1. The van der Waals surface area contributed by atoms with Gasteiger partial charge in [0.15, 0.2) is 5.58 Å². The van der Waals surface area contributed by atoms with Gasteiger partial charge in [-0.05, 0) is 37.8 Å². The van der Waals surface area contributed by atoms with Gasteiger partial charge < -0.3 is 24.5 Å². The Morgan fingerprint density at radius 3 is 2.29 bits per heavy atom. The molecule has 2 atom stereocenters. The number of aliphatic hydroxyl groups is 2. The van der Waals surface area contributed by atoms with E-state index in [2.05, 4.69) is 13.8 Å². The van der Waals surface area contributed by atoms with Gasteiger partial charge in [0.25, 0.3) is 0 Å². The molecule has 6 nitrogen and oxygen atoms in total. The molecule has 0 bridgehead atoms. The van der Waals surface area contributed by atoms with E-state index in [9.17, 15) is 20.1 Å². The first-order chi connectivity index (χ1) is 13.4. The fraction of sp³-hybridized carbons (Fsp3) is 0.591. The molecule has 154 valence electrons. The summed E-state index contributed by atoms with van der Waals surface area (Å²) in [6.45, 7) is 4.24. The van der Waals surface area contributed by atoms with Crippen LogP contribution in [0, 0.1) is 0 Å². The van der Waals surface area contributed by atoms with Crippen molar-refractivity contribution in [3.8, 4) is 11.5 Å². The maximum Gasteiger partial charge on any atom is 0.339 e. The van der Waals surface area contributed by atoms with E-state index in [1.54, 1.807) is 12.1 Å². The molecular formula is C22H30O6. The molecule has 28 heavy (non-hydrogen) atoms. The molecule has 0 amide bonds. The van der Waals surface area contributed by atoms with E-state index >= 15 is 0 Å². The van der Waals surface area contributed by atoms with Gasteiger partial charge in [0.05, 0.1) is 17.0 Å². The molecular weight excluding hydrogens is 360 g/mol. The Bertz CT molecular complexity index is 861. The number of rotatable bonds is 8. The number of ether oxygens (including phenoxy) is 1. The predicted octanol–water partition coefficient (Wildman–Crippen LogP) is 4.18. The summed E-state index contributed by atoms with van der Waals surface area (Å²) in [4.78, 5) is 11.7. The zero-order valence-corrected chi connectivity index (χ0v) is 16.6. The highest BCUT2D eigenvalue weighted by Gasteiger charge is 2.49. The lowest BCUT2D eigenvalue weighted by molar-refractivity contribution is -0.138. The van der Waals surface area contributed by atoms with Gasteiger partial charge in [-0.25, -0.2) is 4.79 Å². The van der Waals surface area contributed by atoms with E-state index in [4.69, 9.17) is 9.15 Å². The summed E-state index contributed by atoms with van der Waals surface area (Å²) in [5, 5.41) is 32.4. The summed E-state index contributed by atoms with van der Waals surface area (Å²) < 4.78 is 11.6. The molecule has 3 rings (SSSR count). The molecule has 0 aliphatic carbocycles. The number of unbranched alkanes of at least 4 members (excludes halogenated alkanes) is 4. The van der Waals surface area contributed by atoms with Gasteiger partial charge in [-0.1, -0.05) is 39.5 Å². The summed E-state index contributed by atoms with van der Waals surface area (Å²) in [5.41, 5.74) is -1.31. The van der Waals surface area contributed by atoms with Gasteiger partial charge in [0.1, 0.15) is 29.3 Å². The second-order valence-corrected chi connectivity index (χ2v) is 7.78. The highest BCUT2D eigenvalue weighted by Crippen LogP contribution is 2.47. The zero-order valence-electron chi connectivity index (χ0n) is 16.6. The zero-order chi connectivity index (χ0) is 20.3. The molecule has 2 heterocycles. The highest BCUT2D eigenvalue weighted by molar-refractivity contribution is 5.87. The van der Waals surface area contributed by atoms with Crippen LogP contribution in [0.25, 0.3) is 11.0 Å². The first-order valence-corrected chi connectivity index (χ1v) is 10.3. The van der Waals surface area contributed by atoms with E-state index in [1.807, 2.05) is 0 Å². The maximum absolute atomic E-state index is 11.7.